The van der Waals surface area contributed by atoms with Gasteiger partial charge in [-0.15, -0.1) is 11.3 Å². The summed E-state index contributed by atoms with van der Waals surface area (Å²) in [7, 11) is 0. The average molecular weight is 272 g/mol. The molecule has 0 aliphatic heterocycles. The molecule has 0 saturated heterocycles. The summed E-state index contributed by atoms with van der Waals surface area (Å²) in [6.45, 7) is 5.79. The van der Waals surface area contributed by atoms with E-state index in [1.165, 1.54) is 37.1 Å². The maximum Gasteiger partial charge on any atom is 0.0931 e. The highest BCUT2D eigenvalue weighted by molar-refractivity contribution is 7.16. The van der Waals surface area contributed by atoms with Crippen molar-refractivity contribution in [2.45, 2.75) is 45.6 Å². The molecule has 1 aliphatic rings. The number of hydrogen-bond acceptors (Lipinski definition) is 2. The Bertz CT molecular complexity index is 344. The van der Waals surface area contributed by atoms with Crippen molar-refractivity contribution in [3.05, 3.63) is 21.3 Å². The first-order chi connectivity index (χ1) is 8.13. The molecule has 1 aliphatic carbocycles. The molecule has 1 nitrogen and oxygen atoms in total. The fourth-order valence-electron chi connectivity index (χ4n) is 2.27. The Morgan fingerprint density at radius 3 is 2.71 bits per heavy atom. The largest absolute Gasteiger partial charge is 0.314 e. The summed E-state index contributed by atoms with van der Waals surface area (Å²) < 4.78 is 0.915. The van der Waals surface area contributed by atoms with Crippen LogP contribution in [0.2, 0.25) is 4.34 Å². The van der Waals surface area contributed by atoms with Gasteiger partial charge in [0.1, 0.15) is 0 Å². The normalized spacial score (nSPS) is 17.6. The van der Waals surface area contributed by atoms with Gasteiger partial charge in [-0.3, -0.25) is 0 Å². The molecule has 3 heteroatoms. The molecule has 1 N–H and O–H groups in total. The molecular weight excluding hydrogens is 250 g/mol. The van der Waals surface area contributed by atoms with Crippen molar-refractivity contribution in [1.82, 2.24) is 5.32 Å². The Labute approximate surface area is 114 Å². The van der Waals surface area contributed by atoms with Crippen molar-refractivity contribution in [3.8, 4) is 0 Å². The molecule has 17 heavy (non-hydrogen) atoms. The van der Waals surface area contributed by atoms with E-state index in [0.717, 1.165) is 22.2 Å². The van der Waals surface area contributed by atoms with Crippen molar-refractivity contribution in [1.29, 1.82) is 0 Å². The average Bonchev–Trinajstić information content (AvgIpc) is 2.99. The third-order valence-corrected chi connectivity index (χ3v) is 4.45. The lowest BCUT2D eigenvalue weighted by Crippen LogP contribution is -2.26. The maximum absolute atomic E-state index is 5.99. The minimum atomic E-state index is 0.755. The maximum atomic E-state index is 5.99. The minimum absolute atomic E-state index is 0.755. The van der Waals surface area contributed by atoms with Gasteiger partial charge in [0.15, 0.2) is 0 Å². The van der Waals surface area contributed by atoms with Crippen LogP contribution in [0.15, 0.2) is 12.1 Å². The van der Waals surface area contributed by atoms with Crippen molar-refractivity contribution < 1.29 is 0 Å². The molecule has 1 aromatic rings. The summed E-state index contributed by atoms with van der Waals surface area (Å²) in [5.41, 5.74) is 0. The van der Waals surface area contributed by atoms with Crippen LogP contribution in [0.1, 0.15) is 38.0 Å². The first-order valence-corrected chi connectivity index (χ1v) is 7.80. The van der Waals surface area contributed by atoms with E-state index in [4.69, 9.17) is 11.6 Å². The predicted molar refractivity (Wildman–Crippen MR) is 77.0 cm³/mol. The zero-order chi connectivity index (χ0) is 12.3. The summed E-state index contributed by atoms with van der Waals surface area (Å²) in [6, 6.07) is 5.01. The molecule has 1 aromatic heterocycles. The van der Waals surface area contributed by atoms with Gasteiger partial charge in [-0.25, -0.2) is 0 Å². The minimum Gasteiger partial charge on any atom is -0.314 e. The molecule has 0 amide bonds. The van der Waals surface area contributed by atoms with Crippen LogP contribution >= 0.6 is 22.9 Å². The smallest absolute Gasteiger partial charge is 0.0931 e. The molecule has 1 heterocycles. The highest BCUT2D eigenvalue weighted by Crippen LogP contribution is 2.26. The van der Waals surface area contributed by atoms with Crippen LogP contribution in [0, 0.1) is 11.8 Å². The summed E-state index contributed by atoms with van der Waals surface area (Å²) in [6.07, 6.45) is 5.23. The van der Waals surface area contributed by atoms with Crippen molar-refractivity contribution >= 4 is 22.9 Å². The Balaban J connectivity index is 1.84. The van der Waals surface area contributed by atoms with Gasteiger partial charge in [0, 0.05) is 10.9 Å². The van der Waals surface area contributed by atoms with Crippen LogP contribution in [-0.2, 0) is 6.42 Å². The summed E-state index contributed by atoms with van der Waals surface area (Å²) >= 11 is 7.72. The molecule has 2 rings (SSSR count). The van der Waals surface area contributed by atoms with E-state index in [1.54, 1.807) is 11.3 Å². The van der Waals surface area contributed by atoms with Gasteiger partial charge in [-0.1, -0.05) is 25.4 Å². The van der Waals surface area contributed by atoms with Gasteiger partial charge in [0.05, 0.1) is 4.34 Å². The second kappa shape index (κ2) is 6.21. The number of rotatable bonds is 7. The van der Waals surface area contributed by atoms with Crippen LogP contribution in [0.3, 0.4) is 0 Å². The monoisotopic (exact) mass is 271 g/mol. The van der Waals surface area contributed by atoms with Gasteiger partial charge in [0.25, 0.3) is 0 Å². The molecule has 0 radical (unpaired) electrons. The van der Waals surface area contributed by atoms with E-state index in [9.17, 15) is 0 Å². The van der Waals surface area contributed by atoms with E-state index >= 15 is 0 Å². The summed E-state index contributed by atoms with van der Waals surface area (Å²) in [4.78, 5) is 1.43. The van der Waals surface area contributed by atoms with Gasteiger partial charge in [0.2, 0.25) is 0 Å². The highest BCUT2D eigenvalue weighted by atomic mass is 35.5. The molecule has 0 aromatic carbocycles. The molecular formula is C14H22ClNS. The van der Waals surface area contributed by atoms with E-state index < -0.39 is 0 Å². The number of thiophene rings is 1. The lowest BCUT2D eigenvalue weighted by molar-refractivity contribution is 0.386. The van der Waals surface area contributed by atoms with Crippen LogP contribution < -0.4 is 5.32 Å². The van der Waals surface area contributed by atoms with E-state index in [2.05, 4.69) is 25.2 Å². The van der Waals surface area contributed by atoms with Crippen molar-refractivity contribution in [3.63, 3.8) is 0 Å². The van der Waals surface area contributed by atoms with Crippen molar-refractivity contribution in [2.24, 2.45) is 11.8 Å². The third-order valence-electron chi connectivity index (χ3n) is 3.20. The Morgan fingerprint density at radius 2 is 2.18 bits per heavy atom. The fourth-order valence-corrected chi connectivity index (χ4v) is 3.47. The van der Waals surface area contributed by atoms with Crippen LogP contribution in [0.4, 0.5) is 0 Å². The molecule has 1 fully saturated rings. The summed E-state index contributed by atoms with van der Waals surface area (Å²) in [5, 5.41) is 3.66. The molecule has 1 saturated carbocycles. The fraction of sp³-hybridized carbons (Fsp3) is 0.714. The molecule has 96 valence electrons. The Kier molecular flexibility index (Phi) is 4.89. The standard InChI is InChI=1S/C14H22ClNS/c1-10(2)7-11(9-16-12-3-4-12)8-13-5-6-14(15)17-13/h5-6,10-12,16H,3-4,7-9H2,1-2H3. The molecule has 0 bridgehead atoms. The zero-order valence-corrected chi connectivity index (χ0v) is 12.3. The number of halogens is 1. The van der Waals surface area contributed by atoms with Gasteiger partial charge >= 0.3 is 0 Å². The van der Waals surface area contributed by atoms with Gasteiger partial charge in [-0.05, 0) is 56.2 Å². The number of nitrogens with one attached hydrogen (secondary N) is 1. The topological polar surface area (TPSA) is 12.0 Å². The SMILES string of the molecule is CC(C)CC(CNC1CC1)Cc1ccc(Cl)s1. The first kappa shape index (κ1) is 13.4. The van der Waals surface area contributed by atoms with Gasteiger partial charge < -0.3 is 5.32 Å². The Morgan fingerprint density at radius 1 is 1.41 bits per heavy atom. The Hall–Kier alpha value is -0.0500. The lowest BCUT2D eigenvalue weighted by atomic mass is 9.93. The molecule has 0 spiro atoms. The second-order valence-electron chi connectivity index (χ2n) is 5.59. The first-order valence-electron chi connectivity index (χ1n) is 6.61. The van der Waals surface area contributed by atoms with Crippen LogP contribution in [-0.4, -0.2) is 12.6 Å². The number of hydrogen-bond donors (Lipinski definition) is 1. The summed E-state index contributed by atoms with van der Waals surface area (Å²) in [5.74, 6) is 1.53. The van der Waals surface area contributed by atoms with Crippen molar-refractivity contribution in [2.75, 3.05) is 6.54 Å². The van der Waals surface area contributed by atoms with Gasteiger partial charge in [-0.2, -0.15) is 0 Å². The third kappa shape index (κ3) is 4.99. The molecule has 1 atom stereocenters. The van der Waals surface area contributed by atoms with Crippen LogP contribution in [0.5, 0.6) is 0 Å². The van der Waals surface area contributed by atoms with E-state index in [1.807, 2.05) is 6.07 Å². The predicted octanol–water partition coefficient (Wildman–Crippen LogP) is 4.36. The molecule has 1 unspecified atom stereocenters. The quantitative estimate of drug-likeness (QED) is 0.777. The second-order valence-corrected chi connectivity index (χ2v) is 7.39. The van der Waals surface area contributed by atoms with E-state index in [-0.39, 0.29) is 0 Å². The highest BCUT2D eigenvalue weighted by Gasteiger charge is 2.22. The van der Waals surface area contributed by atoms with Crippen LogP contribution in [0.25, 0.3) is 0 Å². The van der Waals surface area contributed by atoms with E-state index in [0.29, 0.717) is 0 Å². The lowest BCUT2D eigenvalue weighted by Gasteiger charge is -2.19. The zero-order valence-electron chi connectivity index (χ0n) is 10.7.